The van der Waals surface area contributed by atoms with Gasteiger partial charge in [0, 0.05) is 48.8 Å². The van der Waals surface area contributed by atoms with Gasteiger partial charge in [-0.05, 0) is 35.4 Å². The average molecular weight is 375 g/mol. The summed E-state index contributed by atoms with van der Waals surface area (Å²) >= 11 is 12.0. The van der Waals surface area contributed by atoms with E-state index < -0.39 is 0 Å². The summed E-state index contributed by atoms with van der Waals surface area (Å²) < 4.78 is 0. The van der Waals surface area contributed by atoms with Gasteiger partial charge < -0.3 is 4.90 Å². The molecule has 0 atom stereocenters. The van der Waals surface area contributed by atoms with Crippen LogP contribution >= 0.6 is 23.2 Å². The molecule has 2 aromatic carbocycles. The highest BCUT2D eigenvalue weighted by molar-refractivity contribution is 6.32. The van der Waals surface area contributed by atoms with Crippen molar-refractivity contribution in [1.82, 2.24) is 9.80 Å². The van der Waals surface area contributed by atoms with Crippen LogP contribution in [0, 0.1) is 0 Å². The van der Waals surface area contributed by atoms with Crippen LogP contribution in [0.5, 0.6) is 0 Å². The molecule has 5 heteroatoms. The first-order valence-corrected chi connectivity index (χ1v) is 9.06. The Kier molecular flexibility index (Phi) is 6.14. The first-order chi connectivity index (χ1) is 12.1. The summed E-state index contributed by atoms with van der Waals surface area (Å²) in [6.45, 7) is 4.09. The Morgan fingerprint density at radius 3 is 2.32 bits per heavy atom. The largest absolute Gasteiger partial charge is 0.337 e. The monoisotopic (exact) mass is 374 g/mol. The summed E-state index contributed by atoms with van der Waals surface area (Å²) in [4.78, 5) is 16.6. The van der Waals surface area contributed by atoms with Gasteiger partial charge in [-0.3, -0.25) is 9.69 Å². The first-order valence-electron chi connectivity index (χ1n) is 8.30. The molecule has 0 aromatic heterocycles. The van der Waals surface area contributed by atoms with Crippen molar-refractivity contribution in [3.8, 4) is 0 Å². The van der Waals surface area contributed by atoms with Gasteiger partial charge in [-0.15, -0.1) is 0 Å². The minimum atomic E-state index is 0.0334. The van der Waals surface area contributed by atoms with Crippen molar-refractivity contribution >= 4 is 35.2 Å². The van der Waals surface area contributed by atoms with Gasteiger partial charge in [-0.25, -0.2) is 0 Å². The molecule has 0 radical (unpaired) electrons. The van der Waals surface area contributed by atoms with Crippen molar-refractivity contribution in [2.75, 3.05) is 26.2 Å². The number of nitrogens with zero attached hydrogens (tertiary/aromatic N) is 2. The van der Waals surface area contributed by atoms with Crippen LogP contribution in [-0.2, 0) is 11.3 Å². The molecule has 1 amide bonds. The van der Waals surface area contributed by atoms with Crippen LogP contribution in [0.25, 0.3) is 6.08 Å². The van der Waals surface area contributed by atoms with Crippen molar-refractivity contribution in [2.45, 2.75) is 6.54 Å². The van der Waals surface area contributed by atoms with Gasteiger partial charge in [0.05, 0.1) is 0 Å². The van der Waals surface area contributed by atoms with Gasteiger partial charge in [-0.2, -0.15) is 0 Å². The number of amides is 1. The summed E-state index contributed by atoms with van der Waals surface area (Å²) in [5.74, 6) is 0.0334. The molecule has 1 aliphatic heterocycles. The molecule has 1 fully saturated rings. The van der Waals surface area contributed by atoms with Gasteiger partial charge in [0.15, 0.2) is 0 Å². The molecule has 0 N–H and O–H groups in total. The van der Waals surface area contributed by atoms with Gasteiger partial charge in [0.1, 0.15) is 0 Å². The van der Waals surface area contributed by atoms with Gasteiger partial charge >= 0.3 is 0 Å². The Hall–Kier alpha value is -1.81. The van der Waals surface area contributed by atoms with Crippen LogP contribution in [0.2, 0.25) is 10.0 Å². The van der Waals surface area contributed by atoms with E-state index in [1.165, 1.54) is 5.56 Å². The lowest BCUT2D eigenvalue weighted by Gasteiger charge is -2.34. The van der Waals surface area contributed by atoms with E-state index in [2.05, 4.69) is 4.90 Å². The molecule has 0 saturated carbocycles. The Labute approximate surface area is 158 Å². The van der Waals surface area contributed by atoms with Crippen molar-refractivity contribution in [3.05, 3.63) is 75.8 Å². The zero-order valence-corrected chi connectivity index (χ0v) is 15.4. The van der Waals surface area contributed by atoms with Crippen molar-refractivity contribution in [2.24, 2.45) is 0 Å². The second-order valence-corrected chi connectivity index (χ2v) is 6.93. The molecular weight excluding hydrogens is 355 g/mol. The van der Waals surface area contributed by atoms with Gasteiger partial charge in [0.2, 0.25) is 5.91 Å². The molecule has 0 unspecified atom stereocenters. The number of halogens is 2. The highest BCUT2D eigenvalue weighted by Crippen LogP contribution is 2.17. The third-order valence-electron chi connectivity index (χ3n) is 4.31. The predicted octanol–water partition coefficient (Wildman–Crippen LogP) is 4.35. The fourth-order valence-electron chi connectivity index (χ4n) is 2.85. The van der Waals surface area contributed by atoms with Crippen LogP contribution in [0.15, 0.2) is 54.6 Å². The second-order valence-electron chi connectivity index (χ2n) is 6.08. The topological polar surface area (TPSA) is 23.6 Å². The highest BCUT2D eigenvalue weighted by Gasteiger charge is 2.19. The second kappa shape index (κ2) is 8.52. The van der Waals surface area contributed by atoms with Crippen LogP contribution < -0.4 is 0 Å². The predicted molar refractivity (Wildman–Crippen MR) is 104 cm³/mol. The van der Waals surface area contributed by atoms with E-state index in [1.54, 1.807) is 12.2 Å². The SMILES string of the molecule is O=C(/C=C/c1ccccc1Cl)N1CCN(Cc2ccc(Cl)cc2)CC1. The van der Waals surface area contributed by atoms with Crippen molar-refractivity contribution in [3.63, 3.8) is 0 Å². The molecule has 25 heavy (non-hydrogen) atoms. The molecule has 0 aliphatic carbocycles. The molecule has 1 aliphatic rings. The number of piperazine rings is 1. The number of carbonyl (C=O) groups excluding carboxylic acids is 1. The number of benzene rings is 2. The number of hydrogen-bond acceptors (Lipinski definition) is 2. The van der Waals surface area contributed by atoms with E-state index in [0.717, 1.165) is 43.3 Å². The van der Waals surface area contributed by atoms with Gasteiger partial charge in [0.25, 0.3) is 0 Å². The maximum Gasteiger partial charge on any atom is 0.246 e. The molecule has 130 valence electrons. The van der Waals surface area contributed by atoms with Crippen molar-refractivity contribution in [1.29, 1.82) is 0 Å². The Morgan fingerprint density at radius 2 is 1.64 bits per heavy atom. The van der Waals surface area contributed by atoms with Gasteiger partial charge in [-0.1, -0.05) is 53.5 Å². The molecule has 3 nitrogen and oxygen atoms in total. The van der Waals surface area contributed by atoms with Crippen LogP contribution in [0.3, 0.4) is 0 Å². The quantitative estimate of drug-likeness (QED) is 0.742. The summed E-state index contributed by atoms with van der Waals surface area (Å²) in [5, 5.41) is 1.41. The van der Waals surface area contributed by atoms with E-state index in [9.17, 15) is 4.79 Å². The maximum absolute atomic E-state index is 12.3. The lowest BCUT2D eigenvalue weighted by molar-refractivity contribution is -0.127. The molecule has 0 spiro atoms. The molecular formula is C20H20Cl2N2O. The van der Waals surface area contributed by atoms with E-state index in [1.807, 2.05) is 53.4 Å². The summed E-state index contributed by atoms with van der Waals surface area (Å²) in [7, 11) is 0. The number of rotatable bonds is 4. The van der Waals surface area contributed by atoms with Crippen LogP contribution in [-0.4, -0.2) is 41.9 Å². The minimum absolute atomic E-state index is 0.0334. The fourth-order valence-corrected chi connectivity index (χ4v) is 3.18. The zero-order valence-electron chi connectivity index (χ0n) is 13.9. The van der Waals surface area contributed by atoms with Crippen molar-refractivity contribution < 1.29 is 4.79 Å². The van der Waals surface area contributed by atoms with E-state index in [4.69, 9.17) is 23.2 Å². The fraction of sp³-hybridized carbons (Fsp3) is 0.250. The number of carbonyl (C=O) groups is 1. The molecule has 0 bridgehead atoms. The Balaban J connectivity index is 1.50. The number of hydrogen-bond donors (Lipinski definition) is 0. The lowest BCUT2D eigenvalue weighted by atomic mass is 10.2. The smallest absolute Gasteiger partial charge is 0.246 e. The molecule has 3 rings (SSSR count). The van der Waals surface area contributed by atoms with Crippen LogP contribution in [0.1, 0.15) is 11.1 Å². The highest BCUT2D eigenvalue weighted by atomic mass is 35.5. The lowest BCUT2D eigenvalue weighted by Crippen LogP contribution is -2.47. The molecule has 1 saturated heterocycles. The summed E-state index contributed by atoms with van der Waals surface area (Å²) in [6.07, 6.45) is 3.39. The van der Waals surface area contributed by atoms with E-state index in [-0.39, 0.29) is 5.91 Å². The zero-order chi connectivity index (χ0) is 17.6. The molecule has 1 heterocycles. The third kappa shape index (κ3) is 5.08. The standard InChI is InChI=1S/C20H20Cl2N2O/c21-18-8-5-16(6-9-18)15-23-11-13-24(14-12-23)20(25)10-7-17-3-1-2-4-19(17)22/h1-10H,11-15H2/b10-7+. The van der Waals surface area contributed by atoms with E-state index >= 15 is 0 Å². The third-order valence-corrected chi connectivity index (χ3v) is 4.91. The Bertz CT molecular complexity index is 751. The van der Waals surface area contributed by atoms with E-state index in [0.29, 0.717) is 5.02 Å². The average Bonchev–Trinajstić information content (AvgIpc) is 2.63. The first kappa shape index (κ1) is 18.0. The summed E-state index contributed by atoms with van der Waals surface area (Å²) in [5.41, 5.74) is 2.10. The summed E-state index contributed by atoms with van der Waals surface area (Å²) in [6, 6.07) is 15.4. The molecule has 2 aromatic rings. The maximum atomic E-state index is 12.3. The Morgan fingerprint density at radius 1 is 0.960 bits per heavy atom. The van der Waals surface area contributed by atoms with Crippen LogP contribution in [0.4, 0.5) is 0 Å². The normalized spacial score (nSPS) is 15.7. The minimum Gasteiger partial charge on any atom is -0.337 e.